The van der Waals surface area contributed by atoms with Gasteiger partial charge in [-0.3, -0.25) is 9.10 Å². The average Bonchev–Trinajstić information content (AvgIpc) is 2.86. The predicted octanol–water partition coefficient (Wildman–Crippen LogP) is 5.46. The van der Waals surface area contributed by atoms with Crippen LogP contribution in [-0.2, 0) is 14.8 Å². The minimum Gasteiger partial charge on any atom is -0.497 e. The Bertz CT molecular complexity index is 1260. The largest absolute Gasteiger partial charge is 0.497 e. The molecule has 192 valence electrons. The average molecular weight is 531 g/mol. The van der Waals surface area contributed by atoms with Crippen molar-refractivity contribution < 1.29 is 22.7 Å². The second-order valence-corrected chi connectivity index (χ2v) is 11.0. The highest BCUT2D eigenvalue weighted by Crippen LogP contribution is 2.28. The van der Waals surface area contributed by atoms with E-state index in [9.17, 15) is 13.2 Å². The van der Waals surface area contributed by atoms with Crippen molar-refractivity contribution in [2.24, 2.45) is 5.92 Å². The third-order valence-corrected chi connectivity index (χ3v) is 7.61. The third kappa shape index (κ3) is 6.92. The van der Waals surface area contributed by atoms with E-state index in [0.717, 1.165) is 9.87 Å². The third-order valence-electron chi connectivity index (χ3n) is 5.59. The Kier molecular flexibility index (Phi) is 9.23. The highest BCUT2D eigenvalue weighted by atomic mass is 35.5. The monoisotopic (exact) mass is 530 g/mol. The van der Waals surface area contributed by atoms with Gasteiger partial charge in [0.15, 0.2) is 0 Å². The van der Waals surface area contributed by atoms with E-state index < -0.39 is 22.5 Å². The highest BCUT2D eigenvalue weighted by Gasteiger charge is 2.28. The standard InChI is InChI=1S/C27H31ClN2O5S/c1-19(2)16-26(20-8-10-23(34-3)11-9-20)29-27(31)18-30(22-7-5-6-21(28)17-22)36(32,33)25-14-12-24(35-4)13-15-25/h5-15,17,19,26H,16,18H2,1-4H3,(H,29,31)/t26-/m0/s1. The highest BCUT2D eigenvalue weighted by molar-refractivity contribution is 7.92. The summed E-state index contributed by atoms with van der Waals surface area (Å²) in [5.74, 6) is 1.10. The Morgan fingerprint density at radius 3 is 2.06 bits per heavy atom. The summed E-state index contributed by atoms with van der Waals surface area (Å²) in [6, 6.07) is 19.6. The summed E-state index contributed by atoms with van der Waals surface area (Å²) in [4.78, 5) is 13.3. The van der Waals surface area contributed by atoms with Gasteiger partial charge in [0.25, 0.3) is 10.0 Å². The van der Waals surface area contributed by atoms with Gasteiger partial charge in [0, 0.05) is 5.02 Å². The normalized spacial score (nSPS) is 12.2. The number of nitrogens with one attached hydrogen (secondary N) is 1. The molecule has 0 aliphatic rings. The van der Waals surface area contributed by atoms with Crippen molar-refractivity contribution in [3.63, 3.8) is 0 Å². The molecule has 1 N–H and O–H groups in total. The maximum Gasteiger partial charge on any atom is 0.264 e. The van der Waals surface area contributed by atoms with Crippen LogP contribution >= 0.6 is 11.6 Å². The van der Waals surface area contributed by atoms with Crippen molar-refractivity contribution in [2.75, 3.05) is 25.1 Å². The molecular formula is C27H31ClN2O5S. The zero-order valence-electron chi connectivity index (χ0n) is 20.8. The quantitative estimate of drug-likeness (QED) is 0.356. The van der Waals surface area contributed by atoms with Crippen LogP contribution in [0.2, 0.25) is 5.02 Å². The first kappa shape index (κ1) is 27.4. The lowest BCUT2D eigenvalue weighted by atomic mass is 9.97. The maximum atomic E-state index is 13.6. The fourth-order valence-corrected chi connectivity index (χ4v) is 5.37. The smallest absolute Gasteiger partial charge is 0.264 e. The molecule has 3 rings (SSSR count). The summed E-state index contributed by atoms with van der Waals surface area (Å²) in [7, 11) is -0.986. The van der Waals surface area contributed by atoms with Crippen molar-refractivity contribution in [1.82, 2.24) is 5.32 Å². The van der Waals surface area contributed by atoms with E-state index in [4.69, 9.17) is 21.1 Å². The van der Waals surface area contributed by atoms with E-state index in [1.165, 1.54) is 25.3 Å². The first-order chi connectivity index (χ1) is 17.1. The van der Waals surface area contributed by atoms with E-state index in [1.54, 1.807) is 37.4 Å². The summed E-state index contributed by atoms with van der Waals surface area (Å²) in [5, 5.41) is 3.38. The van der Waals surface area contributed by atoms with Gasteiger partial charge in [0.1, 0.15) is 18.0 Å². The minimum atomic E-state index is -4.08. The van der Waals surface area contributed by atoms with Gasteiger partial charge in [-0.15, -0.1) is 0 Å². The summed E-state index contributed by atoms with van der Waals surface area (Å²) in [5.41, 5.74) is 1.20. The molecule has 0 saturated heterocycles. The number of halogens is 1. The Hall–Kier alpha value is -3.23. The van der Waals surface area contributed by atoms with Crippen LogP contribution in [0.4, 0.5) is 5.69 Å². The SMILES string of the molecule is COc1ccc([C@H](CC(C)C)NC(=O)CN(c2cccc(Cl)c2)S(=O)(=O)c2ccc(OC)cc2)cc1. The van der Waals surface area contributed by atoms with Crippen LogP contribution in [0.3, 0.4) is 0 Å². The lowest BCUT2D eigenvalue weighted by Gasteiger charge is -2.27. The molecule has 0 unspecified atom stereocenters. The molecule has 3 aromatic rings. The number of amides is 1. The number of hydrogen-bond donors (Lipinski definition) is 1. The van der Waals surface area contributed by atoms with Crippen LogP contribution < -0.4 is 19.1 Å². The number of nitrogens with zero attached hydrogens (tertiary/aromatic N) is 1. The molecule has 0 spiro atoms. The Labute approximate surface area is 218 Å². The lowest BCUT2D eigenvalue weighted by molar-refractivity contribution is -0.120. The summed E-state index contributed by atoms with van der Waals surface area (Å²) < 4.78 is 38.7. The van der Waals surface area contributed by atoms with Crippen LogP contribution in [0.1, 0.15) is 31.9 Å². The number of carbonyl (C=O) groups is 1. The Morgan fingerprint density at radius 1 is 0.944 bits per heavy atom. The van der Waals surface area contributed by atoms with Crippen molar-refractivity contribution in [1.29, 1.82) is 0 Å². The fraction of sp³-hybridized carbons (Fsp3) is 0.296. The molecule has 0 saturated carbocycles. The summed E-state index contributed by atoms with van der Waals surface area (Å²) in [6.07, 6.45) is 0.681. The number of benzene rings is 3. The van der Waals surface area contributed by atoms with E-state index in [2.05, 4.69) is 19.2 Å². The molecule has 36 heavy (non-hydrogen) atoms. The molecule has 7 nitrogen and oxygen atoms in total. The van der Waals surface area contributed by atoms with Crippen LogP contribution in [0.15, 0.2) is 77.7 Å². The van der Waals surface area contributed by atoms with Gasteiger partial charge < -0.3 is 14.8 Å². The molecule has 0 bridgehead atoms. The summed E-state index contributed by atoms with van der Waals surface area (Å²) in [6.45, 7) is 3.71. The molecule has 1 amide bonds. The second-order valence-electron chi connectivity index (χ2n) is 8.69. The fourth-order valence-electron chi connectivity index (χ4n) is 3.78. The number of ether oxygens (including phenoxy) is 2. The maximum absolute atomic E-state index is 13.6. The number of carbonyl (C=O) groups excluding carboxylic acids is 1. The molecule has 9 heteroatoms. The number of anilines is 1. The molecule has 0 aliphatic carbocycles. The molecule has 1 atom stereocenters. The van der Waals surface area contributed by atoms with Gasteiger partial charge in [-0.2, -0.15) is 0 Å². The molecule has 0 fully saturated rings. The van der Waals surface area contributed by atoms with Crippen LogP contribution in [0.5, 0.6) is 11.5 Å². The topological polar surface area (TPSA) is 84.9 Å². The molecule has 0 heterocycles. The minimum absolute atomic E-state index is 0.0324. The molecule has 3 aromatic carbocycles. The number of sulfonamides is 1. The van der Waals surface area contributed by atoms with Crippen molar-refractivity contribution in [3.8, 4) is 11.5 Å². The molecule has 0 aromatic heterocycles. The van der Waals surface area contributed by atoms with Gasteiger partial charge in [-0.05, 0) is 72.5 Å². The van der Waals surface area contributed by atoms with Gasteiger partial charge >= 0.3 is 0 Å². The van der Waals surface area contributed by atoms with Gasteiger partial charge in [-0.1, -0.05) is 43.6 Å². The van der Waals surface area contributed by atoms with Crippen LogP contribution in [-0.4, -0.2) is 35.1 Å². The van der Waals surface area contributed by atoms with Crippen molar-refractivity contribution in [2.45, 2.75) is 31.2 Å². The van der Waals surface area contributed by atoms with E-state index in [0.29, 0.717) is 34.5 Å². The van der Waals surface area contributed by atoms with Gasteiger partial charge in [-0.25, -0.2) is 8.42 Å². The Balaban J connectivity index is 1.92. The predicted molar refractivity (Wildman–Crippen MR) is 142 cm³/mol. The van der Waals surface area contributed by atoms with E-state index >= 15 is 0 Å². The first-order valence-electron chi connectivity index (χ1n) is 11.5. The first-order valence-corrected chi connectivity index (χ1v) is 13.3. The summed E-state index contributed by atoms with van der Waals surface area (Å²) >= 11 is 6.16. The van der Waals surface area contributed by atoms with E-state index in [1.807, 2.05) is 24.3 Å². The number of rotatable bonds is 11. The zero-order valence-corrected chi connectivity index (χ0v) is 22.3. The molecular weight excluding hydrogens is 500 g/mol. The van der Waals surface area contributed by atoms with Crippen molar-refractivity contribution in [3.05, 3.63) is 83.4 Å². The lowest BCUT2D eigenvalue weighted by Crippen LogP contribution is -2.42. The van der Waals surface area contributed by atoms with Crippen LogP contribution in [0, 0.1) is 5.92 Å². The number of methoxy groups -OCH3 is 2. The van der Waals surface area contributed by atoms with Gasteiger partial charge in [0.2, 0.25) is 5.91 Å². The zero-order chi connectivity index (χ0) is 26.3. The molecule has 0 aliphatic heterocycles. The second kappa shape index (κ2) is 12.1. The van der Waals surface area contributed by atoms with Gasteiger partial charge in [0.05, 0.1) is 30.8 Å². The van der Waals surface area contributed by atoms with Crippen molar-refractivity contribution >= 4 is 33.2 Å². The Morgan fingerprint density at radius 2 is 1.53 bits per heavy atom. The van der Waals surface area contributed by atoms with E-state index in [-0.39, 0.29) is 10.9 Å². The number of hydrogen-bond acceptors (Lipinski definition) is 5. The van der Waals surface area contributed by atoms with Crippen LogP contribution in [0.25, 0.3) is 0 Å². The molecule has 0 radical (unpaired) electrons.